The SMILES string of the molecule is COC(Oc1ccccc1)=C(C(=O)O)c1ccccc1. The maximum atomic E-state index is 11.5. The number of para-hydroxylation sites is 1. The van der Waals surface area contributed by atoms with Crippen molar-refractivity contribution in [2.75, 3.05) is 7.11 Å². The van der Waals surface area contributed by atoms with E-state index in [9.17, 15) is 9.90 Å². The molecule has 0 atom stereocenters. The Morgan fingerprint density at radius 3 is 2.00 bits per heavy atom. The molecular weight excluding hydrogens is 256 g/mol. The lowest BCUT2D eigenvalue weighted by molar-refractivity contribution is -0.130. The summed E-state index contributed by atoms with van der Waals surface area (Å²) in [5, 5.41) is 9.39. The fourth-order valence-electron chi connectivity index (χ4n) is 1.72. The first-order chi connectivity index (χ1) is 9.72. The van der Waals surface area contributed by atoms with Gasteiger partial charge in [-0.25, -0.2) is 4.79 Å². The van der Waals surface area contributed by atoms with Crippen LogP contribution in [0.4, 0.5) is 0 Å². The van der Waals surface area contributed by atoms with Crippen molar-refractivity contribution < 1.29 is 19.4 Å². The highest BCUT2D eigenvalue weighted by atomic mass is 16.7. The zero-order valence-corrected chi connectivity index (χ0v) is 10.9. The highest BCUT2D eigenvalue weighted by molar-refractivity contribution is 6.15. The van der Waals surface area contributed by atoms with Gasteiger partial charge >= 0.3 is 5.97 Å². The smallest absolute Gasteiger partial charge is 0.343 e. The van der Waals surface area contributed by atoms with Crippen LogP contribution in [0.1, 0.15) is 5.56 Å². The molecule has 0 saturated carbocycles. The highest BCUT2D eigenvalue weighted by Crippen LogP contribution is 2.23. The van der Waals surface area contributed by atoms with Gasteiger partial charge in [0.2, 0.25) is 0 Å². The first-order valence-electron chi connectivity index (χ1n) is 6.02. The molecule has 0 radical (unpaired) electrons. The molecule has 2 aromatic rings. The van der Waals surface area contributed by atoms with Crippen LogP contribution in [0.15, 0.2) is 66.6 Å². The minimum Gasteiger partial charge on any atom is -0.477 e. The van der Waals surface area contributed by atoms with Gasteiger partial charge < -0.3 is 14.6 Å². The predicted octanol–water partition coefficient (Wildman–Crippen LogP) is 3.17. The lowest BCUT2D eigenvalue weighted by Crippen LogP contribution is -2.09. The van der Waals surface area contributed by atoms with E-state index in [1.165, 1.54) is 7.11 Å². The second kappa shape index (κ2) is 6.43. The van der Waals surface area contributed by atoms with Crippen molar-refractivity contribution in [2.24, 2.45) is 0 Å². The number of rotatable bonds is 5. The summed E-state index contributed by atoms with van der Waals surface area (Å²) in [5.41, 5.74) is 0.504. The number of aliphatic carboxylic acids is 1. The minimum atomic E-state index is -1.11. The molecule has 0 fully saturated rings. The van der Waals surface area contributed by atoms with E-state index in [-0.39, 0.29) is 11.5 Å². The molecule has 0 aliphatic heterocycles. The second-order valence-electron chi connectivity index (χ2n) is 3.95. The molecule has 20 heavy (non-hydrogen) atoms. The van der Waals surface area contributed by atoms with Gasteiger partial charge in [0.05, 0.1) is 7.11 Å². The van der Waals surface area contributed by atoms with E-state index in [2.05, 4.69) is 0 Å². The van der Waals surface area contributed by atoms with Crippen LogP contribution in [0.2, 0.25) is 0 Å². The summed E-state index contributed by atoms with van der Waals surface area (Å²) in [6.07, 6.45) is 0. The molecular formula is C16H14O4. The number of benzene rings is 2. The number of carboxylic acid groups (broad SMARTS) is 1. The van der Waals surface area contributed by atoms with Crippen molar-refractivity contribution in [3.8, 4) is 5.75 Å². The fourth-order valence-corrected chi connectivity index (χ4v) is 1.72. The van der Waals surface area contributed by atoms with E-state index in [0.29, 0.717) is 11.3 Å². The van der Waals surface area contributed by atoms with Crippen molar-refractivity contribution in [1.82, 2.24) is 0 Å². The average Bonchev–Trinajstić information content (AvgIpc) is 2.48. The van der Waals surface area contributed by atoms with Crippen LogP contribution in [0.25, 0.3) is 5.57 Å². The largest absolute Gasteiger partial charge is 0.477 e. The topological polar surface area (TPSA) is 55.8 Å². The molecule has 2 rings (SSSR count). The van der Waals surface area contributed by atoms with Gasteiger partial charge in [-0.2, -0.15) is 0 Å². The maximum Gasteiger partial charge on any atom is 0.343 e. The average molecular weight is 270 g/mol. The van der Waals surface area contributed by atoms with Crippen LogP contribution < -0.4 is 4.74 Å². The molecule has 0 aromatic heterocycles. The third-order valence-corrected chi connectivity index (χ3v) is 2.62. The number of carboxylic acids is 1. The summed E-state index contributed by atoms with van der Waals surface area (Å²) < 4.78 is 10.6. The van der Waals surface area contributed by atoms with Crippen molar-refractivity contribution in [3.63, 3.8) is 0 Å². The standard InChI is InChI=1S/C16H14O4/c1-19-16(20-13-10-6-3-7-11-13)14(15(17)18)12-8-4-2-5-9-12/h2-11H,1H3,(H,17,18). The normalized spacial score (nSPS) is 11.4. The molecule has 0 spiro atoms. The Morgan fingerprint density at radius 2 is 1.50 bits per heavy atom. The quantitative estimate of drug-likeness (QED) is 0.669. The van der Waals surface area contributed by atoms with Crippen molar-refractivity contribution in [1.29, 1.82) is 0 Å². The Morgan fingerprint density at radius 1 is 0.950 bits per heavy atom. The van der Waals surface area contributed by atoms with Crippen LogP contribution in [0.5, 0.6) is 5.75 Å². The van der Waals surface area contributed by atoms with Crippen LogP contribution in [-0.2, 0) is 9.53 Å². The van der Waals surface area contributed by atoms with Gasteiger partial charge in [0.1, 0.15) is 11.3 Å². The Bertz CT molecular complexity index is 603. The number of hydrogen-bond donors (Lipinski definition) is 1. The Hall–Kier alpha value is -2.75. The summed E-state index contributed by atoms with van der Waals surface area (Å²) >= 11 is 0. The molecule has 0 aliphatic rings. The van der Waals surface area contributed by atoms with Gasteiger partial charge in [0, 0.05) is 0 Å². The third-order valence-electron chi connectivity index (χ3n) is 2.62. The van der Waals surface area contributed by atoms with E-state index < -0.39 is 5.97 Å². The zero-order valence-electron chi connectivity index (χ0n) is 10.9. The molecule has 4 nitrogen and oxygen atoms in total. The molecule has 0 saturated heterocycles. The number of carbonyl (C=O) groups is 1. The lowest BCUT2D eigenvalue weighted by Gasteiger charge is -2.12. The molecule has 2 aromatic carbocycles. The van der Waals surface area contributed by atoms with Crippen LogP contribution in [-0.4, -0.2) is 18.2 Å². The number of methoxy groups -OCH3 is 1. The van der Waals surface area contributed by atoms with E-state index in [0.717, 1.165) is 0 Å². The Balaban J connectivity index is 2.44. The Labute approximate surface area is 116 Å². The second-order valence-corrected chi connectivity index (χ2v) is 3.95. The van der Waals surface area contributed by atoms with Crippen LogP contribution in [0, 0.1) is 0 Å². The molecule has 4 heteroatoms. The van der Waals surface area contributed by atoms with Gasteiger partial charge in [0.15, 0.2) is 0 Å². The lowest BCUT2D eigenvalue weighted by atomic mass is 10.1. The van der Waals surface area contributed by atoms with Gasteiger partial charge in [-0.05, 0) is 17.7 Å². The van der Waals surface area contributed by atoms with E-state index in [4.69, 9.17) is 9.47 Å². The number of ether oxygens (including phenoxy) is 2. The van der Waals surface area contributed by atoms with Gasteiger partial charge in [0.25, 0.3) is 5.95 Å². The molecule has 1 N–H and O–H groups in total. The van der Waals surface area contributed by atoms with Gasteiger partial charge in [-0.15, -0.1) is 0 Å². The molecule has 0 amide bonds. The summed E-state index contributed by atoms with van der Waals surface area (Å²) in [7, 11) is 1.38. The van der Waals surface area contributed by atoms with Crippen molar-refractivity contribution in [3.05, 3.63) is 72.2 Å². The summed E-state index contributed by atoms with van der Waals surface area (Å²) in [4.78, 5) is 11.5. The minimum absolute atomic E-state index is 0.0167. The number of hydrogen-bond acceptors (Lipinski definition) is 3. The monoisotopic (exact) mass is 270 g/mol. The van der Waals surface area contributed by atoms with Crippen LogP contribution in [0.3, 0.4) is 0 Å². The maximum absolute atomic E-state index is 11.5. The van der Waals surface area contributed by atoms with E-state index in [1.807, 2.05) is 12.1 Å². The third kappa shape index (κ3) is 3.17. The molecule has 102 valence electrons. The highest BCUT2D eigenvalue weighted by Gasteiger charge is 2.20. The van der Waals surface area contributed by atoms with Crippen molar-refractivity contribution >= 4 is 11.5 Å². The molecule has 0 unspecified atom stereocenters. The van der Waals surface area contributed by atoms with Gasteiger partial charge in [-0.1, -0.05) is 48.5 Å². The molecule has 0 heterocycles. The summed E-state index contributed by atoms with van der Waals surface area (Å²) in [6.45, 7) is 0. The summed E-state index contributed by atoms with van der Waals surface area (Å²) in [6, 6.07) is 17.6. The molecule has 0 aliphatic carbocycles. The van der Waals surface area contributed by atoms with Crippen molar-refractivity contribution in [2.45, 2.75) is 0 Å². The van der Waals surface area contributed by atoms with E-state index >= 15 is 0 Å². The first-order valence-corrected chi connectivity index (χ1v) is 6.02. The molecule has 0 bridgehead atoms. The first kappa shape index (κ1) is 13.7. The van der Waals surface area contributed by atoms with Crippen LogP contribution >= 0.6 is 0 Å². The zero-order chi connectivity index (χ0) is 14.4. The van der Waals surface area contributed by atoms with E-state index in [1.54, 1.807) is 48.5 Å². The van der Waals surface area contributed by atoms with Gasteiger partial charge in [-0.3, -0.25) is 0 Å². The summed E-state index contributed by atoms with van der Waals surface area (Å²) in [5.74, 6) is -0.641. The predicted molar refractivity (Wildman–Crippen MR) is 75.1 cm³/mol. The fraction of sp³-hybridized carbons (Fsp3) is 0.0625. The Kier molecular flexibility index (Phi) is 4.39.